The molecule has 0 saturated heterocycles. The van der Waals surface area contributed by atoms with E-state index in [9.17, 15) is 8.42 Å². The molecule has 1 rings (SSSR count). The largest absolute Gasteiger partial charge is 1.00 e. The number of hydrogen-bond donors (Lipinski definition) is 1. The van der Waals surface area contributed by atoms with Gasteiger partial charge in [-0.2, -0.15) is 8.42 Å². The second-order valence-electron chi connectivity index (χ2n) is 2.01. The second kappa shape index (κ2) is 12.2. The Balaban J connectivity index is -0.0000000346. The molecule has 1 atom stereocenters. The maximum atomic E-state index is 10.6. The van der Waals surface area contributed by atoms with Crippen molar-refractivity contribution in [2.24, 2.45) is 0 Å². The van der Waals surface area contributed by atoms with Gasteiger partial charge in [0.25, 0.3) is 10.1 Å². The molecule has 1 aromatic carbocycles. The summed E-state index contributed by atoms with van der Waals surface area (Å²) in [6.07, 6.45) is 0. The SMILES string of the molecule is O=S(=O)(O)c1ccccc1P.[H-].[H-].[H-].[Na+].[Na+].[Na+].[Rh]. The summed E-state index contributed by atoms with van der Waals surface area (Å²) in [6.45, 7) is 0. The summed E-state index contributed by atoms with van der Waals surface area (Å²) >= 11 is 0. The molecule has 0 aliphatic heterocycles. The standard InChI is InChI=1S/C6H7O3PS.3Na.Rh.3H/c7-11(8,9)6-4-2-1-3-5(6)10;;;;;;;/h1-4H,10H2,(H,7,8,9);;;;;;;/q;3*+1;;3*-1. The van der Waals surface area contributed by atoms with Crippen LogP contribution in [-0.4, -0.2) is 13.0 Å². The Morgan fingerprint density at radius 3 is 1.80 bits per heavy atom. The van der Waals surface area contributed by atoms with Crippen molar-refractivity contribution < 1.29 is 125 Å². The van der Waals surface area contributed by atoms with Gasteiger partial charge in [-0.25, -0.2) is 0 Å². The normalized spacial score (nSPS) is 8.40. The second-order valence-corrected chi connectivity index (χ2v) is 4.02. The zero-order valence-electron chi connectivity index (χ0n) is 11.9. The van der Waals surface area contributed by atoms with Gasteiger partial charge in [0.05, 0.1) is 0 Å². The van der Waals surface area contributed by atoms with Gasteiger partial charge < -0.3 is 4.28 Å². The van der Waals surface area contributed by atoms with E-state index >= 15 is 0 Å². The van der Waals surface area contributed by atoms with Crippen molar-refractivity contribution in [3.8, 4) is 0 Å². The van der Waals surface area contributed by atoms with Crippen LogP contribution in [0.1, 0.15) is 4.28 Å². The molecule has 0 aliphatic carbocycles. The summed E-state index contributed by atoms with van der Waals surface area (Å²) in [4.78, 5) is -0.0648. The molecule has 0 spiro atoms. The summed E-state index contributed by atoms with van der Waals surface area (Å²) in [5.74, 6) is 0. The van der Waals surface area contributed by atoms with Crippen molar-refractivity contribution in [1.29, 1.82) is 0 Å². The minimum Gasteiger partial charge on any atom is -1.00 e. The minimum atomic E-state index is -4.05. The van der Waals surface area contributed by atoms with Crippen molar-refractivity contribution in [1.82, 2.24) is 0 Å². The van der Waals surface area contributed by atoms with Gasteiger partial charge in [0.15, 0.2) is 0 Å². The number of rotatable bonds is 1. The smallest absolute Gasteiger partial charge is 1.00 e. The molecule has 0 saturated carbocycles. The predicted octanol–water partition coefficient (Wildman–Crippen LogP) is -8.22. The van der Waals surface area contributed by atoms with E-state index in [2.05, 4.69) is 9.24 Å². The van der Waals surface area contributed by atoms with Gasteiger partial charge >= 0.3 is 88.7 Å². The van der Waals surface area contributed by atoms with Crippen LogP contribution in [0.2, 0.25) is 0 Å². The topological polar surface area (TPSA) is 54.4 Å². The van der Waals surface area contributed by atoms with Crippen LogP contribution in [0.25, 0.3) is 0 Å². The van der Waals surface area contributed by atoms with E-state index in [1.807, 2.05) is 0 Å². The van der Waals surface area contributed by atoms with Crippen LogP contribution in [0.4, 0.5) is 0 Å². The average Bonchev–Trinajstić information content (AvgIpc) is 1.86. The number of hydrogen-bond acceptors (Lipinski definition) is 2. The van der Waals surface area contributed by atoms with Gasteiger partial charge in [0, 0.05) is 19.5 Å². The Morgan fingerprint density at radius 1 is 1.13 bits per heavy atom. The first-order chi connectivity index (χ1) is 5.02. The Labute approximate surface area is 176 Å². The third-order valence-corrected chi connectivity index (χ3v) is 2.84. The summed E-state index contributed by atoms with van der Waals surface area (Å²) in [6, 6.07) is 6.18. The molecule has 1 aromatic rings. The third-order valence-electron chi connectivity index (χ3n) is 1.20. The summed E-state index contributed by atoms with van der Waals surface area (Å²) < 4.78 is 29.8. The van der Waals surface area contributed by atoms with Crippen molar-refractivity contribution in [3.05, 3.63) is 24.3 Å². The average molecular weight is 365 g/mol. The fourth-order valence-corrected chi connectivity index (χ4v) is 1.99. The van der Waals surface area contributed by atoms with E-state index < -0.39 is 10.1 Å². The van der Waals surface area contributed by atoms with E-state index in [1.165, 1.54) is 6.07 Å². The van der Waals surface area contributed by atoms with Gasteiger partial charge in [-0.1, -0.05) is 18.2 Å². The van der Waals surface area contributed by atoms with Crippen LogP contribution in [0.15, 0.2) is 29.2 Å². The Morgan fingerprint density at radius 2 is 1.53 bits per heavy atom. The first-order valence-electron chi connectivity index (χ1n) is 2.84. The predicted molar refractivity (Wildman–Crippen MR) is 48.9 cm³/mol. The minimum absolute atomic E-state index is 0. The molecule has 75 valence electrons. The fraction of sp³-hybridized carbons (Fsp3) is 0. The molecule has 0 aromatic heterocycles. The van der Waals surface area contributed by atoms with E-state index in [0.717, 1.165) is 0 Å². The molecule has 0 bridgehead atoms. The van der Waals surface area contributed by atoms with Crippen molar-refractivity contribution in [3.63, 3.8) is 0 Å². The molecule has 1 radical (unpaired) electrons. The van der Waals surface area contributed by atoms with Crippen LogP contribution >= 0.6 is 9.24 Å². The van der Waals surface area contributed by atoms with E-state index in [1.54, 1.807) is 18.2 Å². The van der Waals surface area contributed by atoms with Crippen LogP contribution in [0.5, 0.6) is 0 Å². The fourth-order valence-electron chi connectivity index (χ4n) is 0.715. The summed E-state index contributed by atoms with van der Waals surface area (Å²) in [5, 5.41) is 0.468. The molecule has 0 fully saturated rings. The maximum absolute atomic E-state index is 10.6. The van der Waals surface area contributed by atoms with Crippen LogP contribution < -0.4 is 94.0 Å². The maximum Gasteiger partial charge on any atom is 1.00 e. The molecule has 0 heterocycles. The van der Waals surface area contributed by atoms with Gasteiger partial charge in [-0.05, 0) is 11.4 Å². The quantitative estimate of drug-likeness (QED) is 0.306. The first-order valence-corrected chi connectivity index (χ1v) is 4.85. The molecule has 0 amide bonds. The molecule has 0 aliphatic rings. The monoisotopic (exact) mass is 365 g/mol. The van der Waals surface area contributed by atoms with Crippen molar-refractivity contribution in [2.75, 3.05) is 0 Å². The van der Waals surface area contributed by atoms with Crippen LogP contribution in [0.3, 0.4) is 0 Å². The van der Waals surface area contributed by atoms with Crippen LogP contribution in [0, 0.1) is 0 Å². The summed E-state index contributed by atoms with van der Waals surface area (Å²) in [5.41, 5.74) is 0. The zero-order valence-corrected chi connectivity index (χ0v) is 18.5. The Kier molecular flexibility index (Phi) is 21.8. The van der Waals surface area contributed by atoms with Crippen molar-refractivity contribution >= 4 is 24.7 Å². The van der Waals surface area contributed by atoms with E-state index in [4.69, 9.17) is 4.55 Å². The van der Waals surface area contributed by atoms with Gasteiger partial charge in [0.1, 0.15) is 4.90 Å². The molecule has 15 heavy (non-hydrogen) atoms. The van der Waals surface area contributed by atoms with E-state index in [0.29, 0.717) is 5.30 Å². The molecule has 1 unspecified atom stereocenters. The molecular weight excluding hydrogens is 355 g/mol. The first kappa shape index (κ1) is 26.7. The van der Waals surface area contributed by atoms with Crippen LogP contribution in [-0.2, 0) is 29.6 Å². The molecule has 1 N–H and O–H groups in total. The molecule has 3 nitrogen and oxygen atoms in total. The molecule has 9 heteroatoms. The summed E-state index contributed by atoms with van der Waals surface area (Å²) in [7, 11) is -1.82. The van der Waals surface area contributed by atoms with Gasteiger partial charge in [-0.3, -0.25) is 4.55 Å². The van der Waals surface area contributed by atoms with Crippen molar-refractivity contribution in [2.45, 2.75) is 4.90 Å². The Bertz CT molecular complexity index is 385. The molecular formula is C6H10Na3O3PRhS. The Hall–Kier alpha value is 3.18. The van der Waals surface area contributed by atoms with E-state index in [-0.39, 0.29) is 117 Å². The number of benzene rings is 1. The zero-order chi connectivity index (χ0) is 8.48. The van der Waals surface area contributed by atoms with Gasteiger partial charge in [-0.15, -0.1) is 9.24 Å². The third kappa shape index (κ3) is 9.72. The van der Waals surface area contributed by atoms with Gasteiger partial charge in [0.2, 0.25) is 0 Å².